The second kappa shape index (κ2) is 8.91. The lowest BCUT2D eigenvalue weighted by Crippen LogP contribution is -2.23. The van der Waals surface area contributed by atoms with Gasteiger partial charge >= 0.3 is 0 Å². The molecule has 0 radical (unpaired) electrons. The SMILES string of the molecule is Cc1nnc(S[C@@H](C)C(=O)Nc2ccc(C#N)c(Cl)c2)n1Cc1ccccc1. The molecular formula is C20H18ClN5OS. The Balaban J connectivity index is 1.69. The molecule has 1 heterocycles. The summed E-state index contributed by atoms with van der Waals surface area (Å²) >= 11 is 7.36. The average molecular weight is 412 g/mol. The van der Waals surface area contributed by atoms with Crippen LogP contribution in [0.4, 0.5) is 5.69 Å². The molecule has 0 aliphatic rings. The number of carbonyl (C=O) groups excluding carboxylic acids is 1. The summed E-state index contributed by atoms with van der Waals surface area (Å²) in [4.78, 5) is 12.6. The Hall–Kier alpha value is -2.82. The Morgan fingerprint density at radius 2 is 2.04 bits per heavy atom. The number of nitrogens with zero attached hydrogens (tertiary/aromatic N) is 4. The van der Waals surface area contributed by atoms with Gasteiger partial charge in [0.15, 0.2) is 5.16 Å². The van der Waals surface area contributed by atoms with E-state index in [1.807, 2.05) is 54.8 Å². The fraction of sp³-hybridized carbons (Fsp3) is 0.200. The van der Waals surface area contributed by atoms with Crippen molar-refractivity contribution in [3.63, 3.8) is 0 Å². The molecule has 3 aromatic rings. The Labute approximate surface area is 172 Å². The van der Waals surface area contributed by atoms with Crippen LogP contribution in [0.15, 0.2) is 53.7 Å². The smallest absolute Gasteiger partial charge is 0.237 e. The van der Waals surface area contributed by atoms with E-state index in [0.717, 1.165) is 11.4 Å². The topological polar surface area (TPSA) is 83.6 Å². The molecule has 0 saturated carbocycles. The third-order valence-electron chi connectivity index (χ3n) is 4.09. The van der Waals surface area contributed by atoms with Crippen molar-refractivity contribution in [2.24, 2.45) is 0 Å². The van der Waals surface area contributed by atoms with Crippen molar-refractivity contribution in [2.45, 2.75) is 30.8 Å². The van der Waals surface area contributed by atoms with Crippen LogP contribution >= 0.6 is 23.4 Å². The molecule has 1 atom stereocenters. The van der Waals surface area contributed by atoms with Crippen LogP contribution in [-0.4, -0.2) is 25.9 Å². The average Bonchev–Trinajstić information content (AvgIpc) is 3.02. The van der Waals surface area contributed by atoms with E-state index in [2.05, 4.69) is 15.5 Å². The van der Waals surface area contributed by atoms with Crippen LogP contribution in [0.3, 0.4) is 0 Å². The third-order valence-corrected chi connectivity index (χ3v) is 5.49. The number of benzene rings is 2. The summed E-state index contributed by atoms with van der Waals surface area (Å²) in [6, 6.07) is 16.8. The summed E-state index contributed by atoms with van der Waals surface area (Å²) in [5, 5.41) is 20.7. The number of amides is 1. The van der Waals surface area contributed by atoms with E-state index >= 15 is 0 Å². The number of aryl methyl sites for hydroxylation is 1. The number of nitrogens with one attached hydrogen (secondary N) is 1. The van der Waals surface area contributed by atoms with Crippen LogP contribution in [0.2, 0.25) is 5.02 Å². The van der Waals surface area contributed by atoms with Gasteiger partial charge in [-0.15, -0.1) is 10.2 Å². The Bertz CT molecular complexity index is 1030. The number of nitriles is 1. The first kappa shape index (κ1) is 19.9. The number of anilines is 1. The van der Waals surface area contributed by atoms with Crippen molar-refractivity contribution >= 4 is 35.0 Å². The summed E-state index contributed by atoms with van der Waals surface area (Å²) in [5.41, 5.74) is 2.05. The highest BCUT2D eigenvalue weighted by molar-refractivity contribution is 8.00. The third kappa shape index (κ3) is 4.71. The van der Waals surface area contributed by atoms with Crippen LogP contribution in [0.25, 0.3) is 0 Å². The minimum absolute atomic E-state index is 0.183. The van der Waals surface area contributed by atoms with Gasteiger partial charge in [0.05, 0.1) is 22.4 Å². The van der Waals surface area contributed by atoms with Gasteiger partial charge in [-0.1, -0.05) is 53.7 Å². The molecule has 0 aliphatic carbocycles. The number of aromatic nitrogens is 3. The monoisotopic (exact) mass is 411 g/mol. The molecule has 0 aliphatic heterocycles. The number of carbonyl (C=O) groups is 1. The molecule has 3 rings (SSSR count). The quantitative estimate of drug-likeness (QED) is 0.612. The van der Waals surface area contributed by atoms with Crippen molar-refractivity contribution in [2.75, 3.05) is 5.32 Å². The zero-order chi connectivity index (χ0) is 20.1. The van der Waals surface area contributed by atoms with E-state index < -0.39 is 5.25 Å². The largest absolute Gasteiger partial charge is 0.325 e. The number of halogens is 1. The highest BCUT2D eigenvalue weighted by Crippen LogP contribution is 2.25. The second-order valence-corrected chi connectivity index (χ2v) is 7.87. The number of thioether (sulfide) groups is 1. The predicted octanol–water partition coefficient (Wildman–Crippen LogP) is 4.28. The van der Waals surface area contributed by atoms with E-state index in [1.165, 1.54) is 11.8 Å². The first-order chi connectivity index (χ1) is 13.5. The van der Waals surface area contributed by atoms with Crippen LogP contribution in [0, 0.1) is 18.3 Å². The van der Waals surface area contributed by atoms with Gasteiger partial charge in [-0.25, -0.2) is 0 Å². The molecule has 0 unspecified atom stereocenters. The van der Waals surface area contributed by atoms with E-state index in [-0.39, 0.29) is 5.91 Å². The zero-order valence-electron chi connectivity index (χ0n) is 15.4. The summed E-state index contributed by atoms with van der Waals surface area (Å²) in [6.45, 7) is 4.34. The second-order valence-electron chi connectivity index (χ2n) is 6.16. The lowest BCUT2D eigenvalue weighted by Gasteiger charge is -2.13. The van der Waals surface area contributed by atoms with E-state index in [9.17, 15) is 4.79 Å². The van der Waals surface area contributed by atoms with Gasteiger partial charge in [-0.2, -0.15) is 5.26 Å². The molecule has 0 fully saturated rings. The number of rotatable bonds is 6. The first-order valence-electron chi connectivity index (χ1n) is 8.59. The molecule has 1 aromatic heterocycles. The lowest BCUT2D eigenvalue weighted by molar-refractivity contribution is -0.115. The lowest BCUT2D eigenvalue weighted by atomic mass is 10.2. The molecule has 8 heteroatoms. The van der Waals surface area contributed by atoms with Gasteiger partial charge in [0, 0.05) is 5.69 Å². The van der Waals surface area contributed by atoms with Crippen LogP contribution < -0.4 is 5.32 Å². The highest BCUT2D eigenvalue weighted by Gasteiger charge is 2.19. The van der Waals surface area contributed by atoms with E-state index in [0.29, 0.717) is 28.0 Å². The minimum Gasteiger partial charge on any atom is -0.325 e. The number of hydrogen-bond donors (Lipinski definition) is 1. The van der Waals surface area contributed by atoms with Gasteiger partial charge in [0.1, 0.15) is 11.9 Å². The van der Waals surface area contributed by atoms with Crippen molar-refractivity contribution < 1.29 is 4.79 Å². The van der Waals surface area contributed by atoms with Gasteiger partial charge < -0.3 is 9.88 Å². The molecule has 1 amide bonds. The van der Waals surface area contributed by atoms with Gasteiger partial charge in [-0.3, -0.25) is 4.79 Å². The predicted molar refractivity (Wildman–Crippen MR) is 110 cm³/mol. The van der Waals surface area contributed by atoms with Crippen molar-refractivity contribution in [3.8, 4) is 6.07 Å². The number of hydrogen-bond acceptors (Lipinski definition) is 5. The van der Waals surface area contributed by atoms with Crippen LogP contribution in [0.5, 0.6) is 0 Å². The maximum atomic E-state index is 12.6. The Morgan fingerprint density at radius 3 is 2.71 bits per heavy atom. The van der Waals surface area contributed by atoms with E-state index in [4.69, 9.17) is 16.9 Å². The summed E-state index contributed by atoms with van der Waals surface area (Å²) in [6.07, 6.45) is 0. The van der Waals surface area contributed by atoms with Crippen LogP contribution in [-0.2, 0) is 11.3 Å². The van der Waals surface area contributed by atoms with Crippen molar-refractivity contribution in [3.05, 3.63) is 70.5 Å². The van der Waals surface area contributed by atoms with E-state index in [1.54, 1.807) is 18.2 Å². The summed E-state index contributed by atoms with van der Waals surface area (Å²) in [5.74, 6) is 0.607. The van der Waals surface area contributed by atoms with Gasteiger partial charge in [-0.05, 0) is 37.6 Å². The Morgan fingerprint density at radius 1 is 1.29 bits per heavy atom. The fourth-order valence-electron chi connectivity index (χ4n) is 2.54. The molecule has 1 N–H and O–H groups in total. The molecule has 0 spiro atoms. The molecule has 142 valence electrons. The maximum absolute atomic E-state index is 12.6. The molecular weight excluding hydrogens is 394 g/mol. The van der Waals surface area contributed by atoms with Gasteiger partial charge in [0.2, 0.25) is 5.91 Å². The molecule has 0 bridgehead atoms. The molecule has 0 saturated heterocycles. The van der Waals surface area contributed by atoms with Crippen LogP contribution in [0.1, 0.15) is 23.9 Å². The molecule has 28 heavy (non-hydrogen) atoms. The molecule has 6 nitrogen and oxygen atoms in total. The normalized spacial score (nSPS) is 11.6. The first-order valence-corrected chi connectivity index (χ1v) is 9.84. The maximum Gasteiger partial charge on any atom is 0.237 e. The highest BCUT2D eigenvalue weighted by atomic mass is 35.5. The zero-order valence-corrected chi connectivity index (χ0v) is 17.0. The Kier molecular flexibility index (Phi) is 6.34. The van der Waals surface area contributed by atoms with Gasteiger partial charge in [0.25, 0.3) is 0 Å². The minimum atomic E-state index is -0.396. The summed E-state index contributed by atoms with van der Waals surface area (Å²) in [7, 11) is 0. The standard InChI is InChI=1S/C20H18ClN5OS/c1-13(19(27)23-17-9-8-16(11-22)18(21)10-17)28-20-25-24-14(2)26(20)12-15-6-4-3-5-7-15/h3-10,13H,12H2,1-2H3,(H,23,27)/t13-/m0/s1. The van der Waals surface area contributed by atoms with Crippen molar-refractivity contribution in [1.82, 2.24) is 14.8 Å². The fourth-order valence-corrected chi connectivity index (χ4v) is 3.65. The summed E-state index contributed by atoms with van der Waals surface area (Å²) < 4.78 is 1.99. The molecule has 2 aromatic carbocycles. The van der Waals surface area contributed by atoms with Crippen molar-refractivity contribution in [1.29, 1.82) is 5.26 Å².